The molecule has 0 saturated heterocycles. The van der Waals surface area contributed by atoms with Crippen molar-refractivity contribution in [2.24, 2.45) is 11.7 Å². The Bertz CT molecular complexity index is 1610. The molecule has 174 valence electrons. The number of esters is 1. The van der Waals surface area contributed by atoms with Gasteiger partial charge in [-0.15, -0.1) is 0 Å². The van der Waals surface area contributed by atoms with Crippen molar-refractivity contribution < 1.29 is 9.53 Å². The lowest BCUT2D eigenvalue weighted by Crippen LogP contribution is -2.33. The van der Waals surface area contributed by atoms with Crippen LogP contribution in [0.1, 0.15) is 13.3 Å². The Kier molecular flexibility index (Phi) is 5.54. The van der Waals surface area contributed by atoms with Crippen molar-refractivity contribution in [3.63, 3.8) is 0 Å². The van der Waals surface area contributed by atoms with E-state index < -0.39 is 34.2 Å². The summed E-state index contributed by atoms with van der Waals surface area (Å²) in [5.41, 5.74) is 15.2. The van der Waals surface area contributed by atoms with Gasteiger partial charge in [-0.1, -0.05) is 37.8 Å². The second-order valence-electron chi connectivity index (χ2n) is 8.27. The molecule has 0 aliphatic heterocycles. The number of anilines is 2. The van der Waals surface area contributed by atoms with Gasteiger partial charge in [0.2, 0.25) is 0 Å². The summed E-state index contributed by atoms with van der Waals surface area (Å²) in [6.45, 7) is 4.94. The highest BCUT2D eigenvalue weighted by Crippen LogP contribution is 2.31. The van der Waals surface area contributed by atoms with Crippen molar-refractivity contribution >= 4 is 49.7 Å². The number of aromatic nitrogens is 1. The first kappa shape index (κ1) is 22.9. The van der Waals surface area contributed by atoms with Gasteiger partial charge in [-0.05, 0) is 5.92 Å². The molecule has 4 aromatic rings. The highest BCUT2D eigenvalue weighted by Gasteiger charge is 2.26. The zero-order valence-electron chi connectivity index (χ0n) is 18.3. The van der Waals surface area contributed by atoms with Gasteiger partial charge in [-0.3, -0.25) is 29.5 Å². The van der Waals surface area contributed by atoms with Gasteiger partial charge in [0.15, 0.2) is 17.1 Å². The minimum atomic E-state index is -0.966. The maximum Gasteiger partial charge on any atom is 0.331 e. The van der Waals surface area contributed by atoms with Gasteiger partial charge < -0.3 is 16.2 Å². The Morgan fingerprint density at radius 1 is 0.971 bits per heavy atom. The third-order valence-corrected chi connectivity index (χ3v) is 5.93. The fourth-order valence-corrected chi connectivity index (χ4v) is 4.41. The topological polar surface area (TPSA) is 178 Å². The van der Waals surface area contributed by atoms with Gasteiger partial charge in [0, 0.05) is 29.8 Å². The maximum absolute atomic E-state index is 13.2. The minimum Gasteiger partial charge on any atom is -0.444 e. The number of nitrogens with zero attached hydrogens (tertiary/aromatic N) is 1. The summed E-state index contributed by atoms with van der Waals surface area (Å²) in [4.78, 5) is 64.0. The molecule has 0 amide bonds. The second kappa shape index (κ2) is 8.23. The van der Waals surface area contributed by atoms with Crippen molar-refractivity contribution in [1.29, 1.82) is 0 Å². The summed E-state index contributed by atoms with van der Waals surface area (Å²) < 4.78 is 5.87. The number of nitrogen functional groups attached to an aromatic ring is 2. The van der Waals surface area contributed by atoms with Crippen LogP contribution in [-0.2, 0) is 16.1 Å². The first-order valence-corrected chi connectivity index (χ1v) is 10.5. The Labute approximate surface area is 191 Å². The van der Waals surface area contributed by atoms with E-state index >= 15 is 0 Å². The van der Waals surface area contributed by atoms with E-state index in [0.29, 0.717) is 0 Å². The van der Waals surface area contributed by atoms with Gasteiger partial charge in [-0.2, -0.15) is 0 Å². The van der Waals surface area contributed by atoms with Crippen molar-refractivity contribution in [3.05, 3.63) is 78.1 Å². The number of carbonyl (C=O) groups is 1. The Morgan fingerprint density at radius 2 is 1.44 bits per heavy atom. The standard InChI is InChI=1S/C24H22N4O6/c1-3-14(29)34-13(25)8-10(2)9-28-23(32)17-18(24(28)33)20(27)16-15(19(17)26)21(30)11-6-4-5-7-12(11)22(16)31/h3-7,10,13H,1,8-9,25-27H2,2H3. The van der Waals surface area contributed by atoms with E-state index in [-0.39, 0.29) is 62.6 Å². The van der Waals surface area contributed by atoms with Crippen molar-refractivity contribution in [3.8, 4) is 0 Å². The molecular formula is C24H22N4O6. The Hall–Kier alpha value is -4.31. The van der Waals surface area contributed by atoms with Crippen LogP contribution in [0.3, 0.4) is 0 Å². The molecule has 0 fully saturated rings. The zero-order chi connectivity index (χ0) is 24.9. The van der Waals surface area contributed by atoms with Crippen LogP contribution < -0.4 is 39.2 Å². The molecule has 0 aliphatic carbocycles. The number of nitrogens with two attached hydrogens (primary N) is 3. The smallest absolute Gasteiger partial charge is 0.331 e. The molecule has 0 aliphatic rings. The fourth-order valence-electron chi connectivity index (χ4n) is 4.41. The van der Waals surface area contributed by atoms with Crippen molar-refractivity contribution in [2.75, 3.05) is 11.5 Å². The van der Waals surface area contributed by atoms with Crippen LogP contribution in [0.25, 0.3) is 32.3 Å². The summed E-state index contributed by atoms with van der Waals surface area (Å²) in [5, 5.41) is -0.441. The van der Waals surface area contributed by atoms with Crippen LogP contribution in [0.15, 0.2) is 56.1 Å². The summed E-state index contributed by atoms with van der Waals surface area (Å²) in [5.74, 6) is -1.05. The zero-order valence-corrected chi connectivity index (χ0v) is 18.3. The van der Waals surface area contributed by atoms with Gasteiger partial charge in [0.1, 0.15) is 0 Å². The maximum atomic E-state index is 13.2. The number of carbonyl (C=O) groups excluding carboxylic acids is 1. The molecule has 0 radical (unpaired) electrons. The second-order valence-corrected chi connectivity index (χ2v) is 8.27. The minimum absolute atomic E-state index is 0.0721. The highest BCUT2D eigenvalue weighted by atomic mass is 16.6. The quantitative estimate of drug-likeness (QED) is 0.0917. The van der Waals surface area contributed by atoms with Crippen molar-refractivity contribution in [1.82, 2.24) is 4.57 Å². The van der Waals surface area contributed by atoms with Gasteiger partial charge in [0.05, 0.1) is 32.9 Å². The predicted molar refractivity (Wildman–Crippen MR) is 131 cm³/mol. The van der Waals surface area contributed by atoms with Crippen LogP contribution >= 0.6 is 0 Å². The van der Waals surface area contributed by atoms with E-state index in [9.17, 15) is 24.0 Å². The summed E-state index contributed by atoms with van der Waals surface area (Å²) in [6.07, 6.45) is 0.163. The fraction of sp³-hybridized carbons (Fsp3) is 0.208. The monoisotopic (exact) mass is 462 g/mol. The Morgan fingerprint density at radius 3 is 1.88 bits per heavy atom. The molecule has 4 rings (SSSR count). The highest BCUT2D eigenvalue weighted by molar-refractivity contribution is 6.20. The molecule has 34 heavy (non-hydrogen) atoms. The van der Waals surface area contributed by atoms with Crippen LogP contribution in [0, 0.1) is 5.92 Å². The average Bonchev–Trinajstić information content (AvgIpc) is 3.04. The Balaban J connectivity index is 1.93. The van der Waals surface area contributed by atoms with E-state index in [2.05, 4.69) is 6.58 Å². The van der Waals surface area contributed by atoms with Gasteiger partial charge in [-0.25, -0.2) is 4.79 Å². The molecule has 1 heterocycles. The number of hydrogen-bond acceptors (Lipinski definition) is 9. The molecule has 0 spiro atoms. The number of hydrogen-bond donors (Lipinski definition) is 3. The van der Waals surface area contributed by atoms with Gasteiger partial charge in [0.25, 0.3) is 11.1 Å². The number of fused-ring (bicyclic) bond motifs is 3. The van der Waals surface area contributed by atoms with Crippen LogP contribution in [0.5, 0.6) is 0 Å². The van der Waals surface area contributed by atoms with Gasteiger partial charge >= 0.3 is 5.97 Å². The molecule has 0 bridgehead atoms. The summed E-state index contributed by atoms with van der Waals surface area (Å²) >= 11 is 0. The van der Waals surface area contributed by atoms with Crippen LogP contribution in [0.4, 0.5) is 11.4 Å². The lowest BCUT2D eigenvalue weighted by Gasteiger charge is -2.17. The molecular weight excluding hydrogens is 440 g/mol. The predicted octanol–water partition coefficient (Wildman–Crippen LogP) is 0.469. The first-order valence-electron chi connectivity index (χ1n) is 10.5. The van der Waals surface area contributed by atoms with E-state index in [4.69, 9.17) is 21.9 Å². The lowest BCUT2D eigenvalue weighted by molar-refractivity contribution is -0.143. The molecule has 10 heteroatoms. The molecule has 2 atom stereocenters. The molecule has 6 N–H and O–H groups in total. The van der Waals surface area contributed by atoms with E-state index in [1.807, 2.05) is 0 Å². The normalized spacial score (nSPS) is 13.4. The summed E-state index contributed by atoms with van der Waals surface area (Å²) in [6, 6.07) is 6.20. The lowest BCUT2D eigenvalue weighted by atomic mass is 9.97. The molecule has 3 aromatic carbocycles. The van der Waals surface area contributed by atoms with E-state index in [1.165, 1.54) is 12.1 Å². The first-order chi connectivity index (χ1) is 16.1. The molecule has 1 aromatic heterocycles. The average molecular weight is 462 g/mol. The number of ether oxygens (including phenoxy) is 1. The largest absolute Gasteiger partial charge is 0.444 e. The third kappa shape index (κ3) is 3.35. The molecule has 2 unspecified atom stereocenters. The van der Waals surface area contributed by atoms with Crippen molar-refractivity contribution in [2.45, 2.75) is 26.1 Å². The third-order valence-electron chi connectivity index (χ3n) is 5.93. The molecule has 10 nitrogen and oxygen atoms in total. The van der Waals surface area contributed by atoms with E-state index in [0.717, 1.165) is 10.6 Å². The van der Waals surface area contributed by atoms with E-state index in [1.54, 1.807) is 19.1 Å². The van der Waals surface area contributed by atoms with Crippen LogP contribution in [0.2, 0.25) is 0 Å². The summed E-state index contributed by atoms with van der Waals surface area (Å²) in [7, 11) is 0. The molecule has 0 saturated carbocycles. The number of rotatable bonds is 6. The number of benzene rings is 3. The SMILES string of the molecule is C=CC(=O)OC(N)CC(C)Cn1c(=O)c2c(N)c3c(=O)c4ccccc4c(=O)c3c(N)c2c1=O. The van der Waals surface area contributed by atoms with Crippen LogP contribution in [-0.4, -0.2) is 16.8 Å².